The molecule has 1 aromatic rings. The van der Waals surface area contributed by atoms with Crippen LogP contribution < -0.4 is 0 Å². The first-order valence-electron chi connectivity index (χ1n) is 5.67. The van der Waals surface area contributed by atoms with Gasteiger partial charge in [0, 0.05) is 17.4 Å². The Labute approximate surface area is 151 Å². The zero-order valence-corrected chi connectivity index (χ0v) is 13.8. The van der Waals surface area contributed by atoms with Gasteiger partial charge >= 0.3 is 6.18 Å². The molecule has 0 bridgehead atoms. The Morgan fingerprint density at radius 2 is 1.43 bits per heavy atom. The van der Waals surface area contributed by atoms with Crippen LogP contribution in [0, 0.1) is 37.0 Å². The monoisotopic (exact) mass is 412 g/mol. The number of hydrogen-bond acceptors (Lipinski definition) is 0. The van der Waals surface area contributed by atoms with E-state index in [1.165, 1.54) is 37.5 Å². The molecule has 0 N–H and O–H groups in total. The molecular weight excluding hydrogens is 405 g/mol. The van der Waals surface area contributed by atoms with Crippen LogP contribution >= 0.6 is 23.2 Å². The maximum atomic E-state index is 12.0. The minimum Gasteiger partial charge on any atom is -0.725 e. The van der Waals surface area contributed by atoms with E-state index in [-0.39, 0.29) is 27.8 Å². The summed E-state index contributed by atoms with van der Waals surface area (Å²) in [6.45, 7) is 0. The molecule has 1 fully saturated rings. The molecule has 0 heterocycles. The van der Waals surface area contributed by atoms with E-state index in [0.29, 0.717) is 0 Å². The van der Waals surface area contributed by atoms with E-state index < -0.39 is 23.8 Å². The molecule has 0 atom stereocenters. The van der Waals surface area contributed by atoms with Crippen molar-refractivity contribution in [3.8, 4) is 0 Å². The Kier molecular flexibility index (Phi) is 9.37. The Balaban J connectivity index is 0.000000403. The van der Waals surface area contributed by atoms with Crippen molar-refractivity contribution in [1.29, 1.82) is 0 Å². The van der Waals surface area contributed by atoms with Gasteiger partial charge in [-0.15, -0.1) is 0 Å². The molecule has 0 saturated heterocycles. The first-order valence-corrected chi connectivity index (χ1v) is 6.42. The van der Waals surface area contributed by atoms with Crippen molar-refractivity contribution in [3.05, 3.63) is 71.8 Å². The molecule has 1 aliphatic rings. The summed E-state index contributed by atoms with van der Waals surface area (Å²) in [5.41, 5.74) is -0.790. The minimum absolute atomic E-state index is 0. The Bertz CT molecular complexity index is 475. The zero-order chi connectivity index (χ0) is 17.0. The van der Waals surface area contributed by atoms with Gasteiger partial charge < -0.3 is 48.6 Å². The second-order valence-corrected chi connectivity index (χ2v) is 4.77. The van der Waals surface area contributed by atoms with E-state index in [2.05, 4.69) is 0 Å². The van der Waals surface area contributed by atoms with Crippen LogP contribution in [0.1, 0.15) is 5.56 Å². The van der Waals surface area contributed by atoms with Crippen LogP contribution in [0.2, 0.25) is 5.02 Å². The molecular formula is C14H8Cl2CrF6-6. The van der Waals surface area contributed by atoms with Crippen LogP contribution in [-0.4, -0.2) is 6.18 Å². The fourth-order valence-corrected chi connectivity index (χ4v) is 1.87. The second-order valence-electron chi connectivity index (χ2n) is 3.96. The molecule has 2 rings (SSSR count). The van der Waals surface area contributed by atoms with Crippen molar-refractivity contribution in [2.24, 2.45) is 0 Å². The molecule has 0 amide bonds. The van der Waals surface area contributed by atoms with E-state index in [9.17, 15) is 26.3 Å². The fourth-order valence-electron chi connectivity index (χ4n) is 1.38. The van der Waals surface area contributed by atoms with Gasteiger partial charge in [-0.1, -0.05) is 23.7 Å². The topological polar surface area (TPSA) is 0 Å². The van der Waals surface area contributed by atoms with E-state index in [1.54, 1.807) is 0 Å². The molecule has 1 saturated carbocycles. The summed E-state index contributed by atoms with van der Waals surface area (Å²) in [4.78, 5) is 0. The zero-order valence-electron chi connectivity index (χ0n) is 11.1. The summed E-state index contributed by atoms with van der Waals surface area (Å²) in [6.07, 6.45) is -3.78. The Morgan fingerprint density at radius 1 is 0.913 bits per heavy atom. The average molecular weight is 413 g/mol. The summed E-state index contributed by atoms with van der Waals surface area (Å²) >= 11 is 10.6. The first-order chi connectivity index (χ1) is 10.0. The number of hydrogen-bond donors (Lipinski definition) is 0. The maximum absolute atomic E-state index is 12.0. The number of halogens is 8. The van der Waals surface area contributed by atoms with Gasteiger partial charge in [0.05, 0.1) is 10.6 Å². The van der Waals surface area contributed by atoms with Crippen molar-refractivity contribution >= 4 is 23.2 Å². The third-order valence-corrected chi connectivity index (χ3v) is 3.02. The summed E-state index contributed by atoms with van der Waals surface area (Å²) in [5.74, 6) is -0.790. The number of alkyl halides is 6. The summed E-state index contributed by atoms with van der Waals surface area (Å²) in [6, 6.07) is 4.92. The molecule has 9 heteroatoms. The van der Waals surface area contributed by atoms with Crippen LogP contribution in [0.5, 0.6) is 0 Å². The molecule has 1 aliphatic carbocycles. The molecule has 0 radical (unpaired) electrons. The molecule has 132 valence electrons. The SMILES string of the molecule is FC(F)(F)[C-]1[CH-][CH-][CH-][CH-][C-]1Cl.FC(F)(F)c1ccccc1Cl.[Cr]. The molecule has 0 aromatic heterocycles. The third-order valence-electron chi connectivity index (χ3n) is 2.36. The van der Waals surface area contributed by atoms with E-state index >= 15 is 0 Å². The van der Waals surface area contributed by atoms with Gasteiger partial charge in [0.1, 0.15) is 0 Å². The van der Waals surface area contributed by atoms with Gasteiger partial charge in [-0.25, -0.2) is 13.2 Å². The van der Waals surface area contributed by atoms with Crippen LogP contribution in [-0.2, 0) is 23.5 Å². The van der Waals surface area contributed by atoms with Crippen molar-refractivity contribution in [1.82, 2.24) is 0 Å². The van der Waals surface area contributed by atoms with Crippen molar-refractivity contribution in [2.45, 2.75) is 12.4 Å². The average Bonchev–Trinajstić information content (AvgIpc) is 2.37. The van der Waals surface area contributed by atoms with Gasteiger partial charge in [0.2, 0.25) is 6.18 Å². The Hall–Kier alpha value is -0.0875. The van der Waals surface area contributed by atoms with E-state index in [0.717, 1.165) is 12.5 Å². The van der Waals surface area contributed by atoms with Gasteiger partial charge in [-0.2, -0.15) is 13.2 Å². The molecule has 0 unspecified atom stereocenters. The predicted octanol–water partition coefficient (Wildman–Crippen LogP) is 6.08. The molecule has 0 spiro atoms. The summed E-state index contributed by atoms with van der Waals surface area (Å²) in [5, 5.41) is -0.528. The smallest absolute Gasteiger partial charge is 0.417 e. The van der Waals surface area contributed by atoms with Crippen molar-refractivity contribution in [2.75, 3.05) is 0 Å². The summed E-state index contributed by atoms with van der Waals surface area (Å²) in [7, 11) is 0. The van der Waals surface area contributed by atoms with Crippen molar-refractivity contribution in [3.63, 3.8) is 0 Å². The largest absolute Gasteiger partial charge is 0.725 e. The maximum Gasteiger partial charge on any atom is 0.417 e. The first kappa shape index (κ1) is 22.9. The summed E-state index contributed by atoms with van der Waals surface area (Å²) < 4.78 is 71.8. The quantitative estimate of drug-likeness (QED) is 0.357. The second kappa shape index (κ2) is 9.41. The van der Waals surface area contributed by atoms with Gasteiger partial charge in [0.25, 0.3) is 0 Å². The molecule has 1 aromatic carbocycles. The van der Waals surface area contributed by atoms with Crippen LogP contribution in [0.15, 0.2) is 24.3 Å². The van der Waals surface area contributed by atoms with Gasteiger partial charge in [-0.3, -0.25) is 0 Å². The van der Waals surface area contributed by atoms with Crippen LogP contribution in [0.4, 0.5) is 26.3 Å². The predicted molar refractivity (Wildman–Crippen MR) is 72.0 cm³/mol. The van der Waals surface area contributed by atoms with E-state index in [4.69, 9.17) is 23.2 Å². The van der Waals surface area contributed by atoms with Gasteiger partial charge in [0.15, 0.2) is 0 Å². The molecule has 0 aliphatic heterocycles. The van der Waals surface area contributed by atoms with E-state index in [1.807, 2.05) is 0 Å². The fraction of sp³-hybridized carbons (Fsp3) is 0.143. The van der Waals surface area contributed by atoms with Crippen LogP contribution in [0.3, 0.4) is 0 Å². The standard InChI is InChI=1S/2C7H4ClF3.Cr/c2*8-6-4-2-1-3-5(6)7(9,10)11;/h2*1-4H;/q;-6;. The number of benzene rings is 1. The third kappa shape index (κ3) is 7.55. The molecule has 23 heavy (non-hydrogen) atoms. The molecule has 0 nitrogen and oxygen atoms in total. The van der Waals surface area contributed by atoms with Gasteiger partial charge in [-0.05, 0) is 12.1 Å². The normalized spacial score (nSPS) is 17.0. The van der Waals surface area contributed by atoms with Crippen LogP contribution in [0.25, 0.3) is 0 Å². The number of rotatable bonds is 0. The minimum atomic E-state index is -4.35. The Morgan fingerprint density at radius 3 is 1.78 bits per heavy atom. The van der Waals surface area contributed by atoms with Crippen molar-refractivity contribution < 1.29 is 43.7 Å².